The molecule has 0 saturated carbocycles. The number of piperazine rings is 1. The molecule has 1 unspecified atom stereocenters. The number of rotatable bonds is 5. The van der Waals surface area contributed by atoms with Gasteiger partial charge in [-0.2, -0.15) is 4.31 Å². The zero-order valence-corrected chi connectivity index (χ0v) is 16.1. The molecule has 1 aromatic carbocycles. The van der Waals surface area contributed by atoms with Crippen LogP contribution in [0.3, 0.4) is 0 Å². The zero-order valence-electron chi connectivity index (χ0n) is 14.4. The number of amides is 1. The van der Waals surface area contributed by atoms with Crippen molar-refractivity contribution in [2.45, 2.75) is 37.1 Å². The minimum Gasteiger partial charge on any atom is -0.338 e. The molecule has 142 valence electrons. The van der Waals surface area contributed by atoms with E-state index in [9.17, 15) is 17.6 Å². The van der Waals surface area contributed by atoms with E-state index in [0.29, 0.717) is 19.5 Å². The summed E-state index contributed by atoms with van der Waals surface area (Å²) in [5.74, 6) is -0.634. The molecule has 1 heterocycles. The zero-order chi connectivity index (χ0) is 18.0. The van der Waals surface area contributed by atoms with Crippen molar-refractivity contribution < 1.29 is 17.6 Å². The molecule has 0 radical (unpaired) electrons. The van der Waals surface area contributed by atoms with Gasteiger partial charge in [0.2, 0.25) is 15.9 Å². The summed E-state index contributed by atoms with van der Waals surface area (Å²) < 4.78 is 39.4. The van der Waals surface area contributed by atoms with Gasteiger partial charge < -0.3 is 10.6 Å². The Labute approximate surface area is 154 Å². The van der Waals surface area contributed by atoms with Crippen molar-refractivity contribution in [3.8, 4) is 0 Å². The molecule has 1 aliphatic rings. The molecule has 1 amide bonds. The Kier molecular flexibility index (Phi) is 7.37. The highest BCUT2D eigenvalue weighted by atomic mass is 35.5. The normalized spacial score (nSPS) is 18.3. The third-order valence-electron chi connectivity index (χ3n) is 4.24. The van der Waals surface area contributed by atoms with Crippen molar-refractivity contribution in [2.24, 2.45) is 5.73 Å². The van der Waals surface area contributed by atoms with Crippen LogP contribution in [0.25, 0.3) is 0 Å². The standard InChI is InChI=1S/C16H24FN3O3S.ClH/c1-3-8-16(2,18)15(21)19-9-11-20(12-10-19)24(22,23)14-6-4-13(17)5-7-14;/h4-7H,3,8-12,18H2,1-2H3;1H. The Balaban J connectivity index is 0.00000312. The Bertz CT molecular complexity index is 687. The van der Waals surface area contributed by atoms with E-state index in [1.807, 2.05) is 6.92 Å². The fraction of sp³-hybridized carbons (Fsp3) is 0.562. The molecular weight excluding hydrogens is 369 g/mol. The Morgan fingerprint density at radius 3 is 2.20 bits per heavy atom. The van der Waals surface area contributed by atoms with E-state index in [1.54, 1.807) is 11.8 Å². The number of hydrogen-bond donors (Lipinski definition) is 1. The Hall–Kier alpha value is -1.22. The first kappa shape index (κ1) is 21.8. The number of halogens is 2. The molecule has 2 rings (SSSR count). The summed E-state index contributed by atoms with van der Waals surface area (Å²) in [7, 11) is -3.68. The van der Waals surface area contributed by atoms with Gasteiger partial charge in [-0.1, -0.05) is 13.3 Å². The van der Waals surface area contributed by atoms with Gasteiger partial charge in [0.1, 0.15) is 5.82 Å². The highest BCUT2D eigenvalue weighted by Crippen LogP contribution is 2.20. The van der Waals surface area contributed by atoms with E-state index < -0.39 is 21.4 Å². The van der Waals surface area contributed by atoms with Crippen LogP contribution in [0.15, 0.2) is 29.2 Å². The van der Waals surface area contributed by atoms with Gasteiger partial charge in [0, 0.05) is 26.2 Å². The number of carbonyl (C=O) groups is 1. The lowest BCUT2D eigenvalue weighted by molar-refractivity contribution is -0.137. The number of sulfonamides is 1. The van der Waals surface area contributed by atoms with E-state index in [1.165, 1.54) is 16.4 Å². The number of hydrogen-bond acceptors (Lipinski definition) is 4. The summed E-state index contributed by atoms with van der Waals surface area (Å²) in [6.07, 6.45) is 1.39. The fourth-order valence-corrected chi connectivity index (χ4v) is 4.30. The van der Waals surface area contributed by atoms with Crippen LogP contribution in [0.1, 0.15) is 26.7 Å². The predicted octanol–water partition coefficient (Wildman–Crippen LogP) is 1.60. The molecule has 6 nitrogen and oxygen atoms in total. The molecule has 1 aliphatic heterocycles. The van der Waals surface area contributed by atoms with Crippen molar-refractivity contribution >= 4 is 28.3 Å². The van der Waals surface area contributed by atoms with Gasteiger partial charge in [0.15, 0.2) is 0 Å². The lowest BCUT2D eigenvalue weighted by atomic mass is 9.95. The van der Waals surface area contributed by atoms with Crippen molar-refractivity contribution in [3.63, 3.8) is 0 Å². The lowest BCUT2D eigenvalue weighted by Crippen LogP contribution is -2.58. The van der Waals surface area contributed by atoms with Crippen LogP contribution >= 0.6 is 12.4 Å². The molecule has 2 N–H and O–H groups in total. The second kappa shape index (κ2) is 8.44. The third kappa shape index (κ3) is 4.91. The minimum absolute atomic E-state index is 0. The number of nitrogens with zero attached hydrogens (tertiary/aromatic N) is 2. The largest absolute Gasteiger partial charge is 0.338 e. The third-order valence-corrected chi connectivity index (χ3v) is 6.15. The minimum atomic E-state index is -3.68. The van der Waals surface area contributed by atoms with Gasteiger partial charge in [-0.15, -0.1) is 12.4 Å². The van der Waals surface area contributed by atoms with Crippen LogP contribution in [0, 0.1) is 5.82 Å². The first-order chi connectivity index (χ1) is 11.2. The van der Waals surface area contributed by atoms with Crippen molar-refractivity contribution in [1.82, 2.24) is 9.21 Å². The maximum Gasteiger partial charge on any atom is 0.243 e. The molecule has 25 heavy (non-hydrogen) atoms. The highest BCUT2D eigenvalue weighted by molar-refractivity contribution is 7.89. The molecule has 1 fully saturated rings. The van der Waals surface area contributed by atoms with Crippen molar-refractivity contribution in [2.75, 3.05) is 26.2 Å². The summed E-state index contributed by atoms with van der Waals surface area (Å²) in [6.45, 7) is 4.68. The smallest absolute Gasteiger partial charge is 0.243 e. The summed E-state index contributed by atoms with van der Waals surface area (Å²) in [6, 6.07) is 4.75. The molecule has 0 aromatic heterocycles. The predicted molar refractivity (Wildman–Crippen MR) is 96.5 cm³/mol. The maximum absolute atomic E-state index is 13.0. The van der Waals surface area contributed by atoms with Gasteiger partial charge in [-0.25, -0.2) is 12.8 Å². The van der Waals surface area contributed by atoms with Gasteiger partial charge >= 0.3 is 0 Å². The Morgan fingerprint density at radius 2 is 1.72 bits per heavy atom. The van der Waals surface area contributed by atoms with Crippen LogP contribution < -0.4 is 5.73 Å². The van der Waals surface area contributed by atoms with Crippen LogP contribution in [0.2, 0.25) is 0 Å². The average molecular weight is 394 g/mol. The van der Waals surface area contributed by atoms with Crippen LogP contribution in [-0.4, -0.2) is 55.2 Å². The molecule has 0 spiro atoms. The van der Waals surface area contributed by atoms with Crippen LogP contribution in [-0.2, 0) is 14.8 Å². The average Bonchev–Trinajstić information content (AvgIpc) is 2.54. The summed E-state index contributed by atoms with van der Waals surface area (Å²) in [5.41, 5.74) is 5.14. The monoisotopic (exact) mass is 393 g/mol. The lowest BCUT2D eigenvalue weighted by Gasteiger charge is -2.37. The van der Waals surface area contributed by atoms with Gasteiger partial charge in [-0.05, 0) is 37.6 Å². The first-order valence-corrected chi connectivity index (χ1v) is 9.46. The summed E-state index contributed by atoms with van der Waals surface area (Å²) in [4.78, 5) is 14.1. The molecule has 0 bridgehead atoms. The molecule has 0 aliphatic carbocycles. The second-order valence-electron chi connectivity index (χ2n) is 6.32. The molecule has 1 saturated heterocycles. The number of benzene rings is 1. The number of nitrogens with two attached hydrogens (primary N) is 1. The summed E-state index contributed by atoms with van der Waals surface area (Å²) >= 11 is 0. The quantitative estimate of drug-likeness (QED) is 0.823. The van der Waals surface area contributed by atoms with E-state index >= 15 is 0 Å². The molecule has 1 aromatic rings. The van der Waals surface area contributed by atoms with E-state index in [2.05, 4.69) is 0 Å². The SMILES string of the molecule is CCCC(C)(N)C(=O)N1CCN(S(=O)(=O)c2ccc(F)cc2)CC1.Cl. The molecule has 9 heteroatoms. The Morgan fingerprint density at radius 1 is 1.20 bits per heavy atom. The van der Waals surface area contributed by atoms with Gasteiger partial charge in [0.05, 0.1) is 10.4 Å². The first-order valence-electron chi connectivity index (χ1n) is 8.02. The van der Waals surface area contributed by atoms with E-state index in [-0.39, 0.29) is 36.3 Å². The number of carbonyl (C=O) groups excluding carboxylic acids is 1. The molecule has 1 atom stereocenters. The highest BCUT2D eigenvalue weighted by Gasteiger charge is 2.36. The maximum atomic E-state index is 13.0. The molecular formula is C16H25ClFN3O3S. The summed E-state index contributed by atoms with van der Waals surface area (Å²) in [5, 5.41) is 0. The topological polar surface area (TPSA) is 83.7 Å². The fourth-order valence-electron chi connectivity index (χ4n) is 2.87. The van der Waals surface area contributed by atoms with Gasteiger partial charge in [0.25, 0.3) is 0 Å². The van der Waals surface area contributed by atoms with E-state index in [0.717, 1.165) is 18.6 Å². The van der Waals surface area contributed by atoms with Gasteiger partial charge in [-0.3, -0.25) is 4.79 Å². The van der Waals surface area contributed by atoms with Crippen molar-refractivity contribution in [1.29, 1.82) is 0 Å². The van der Waals surface area contributed by atoms with E-state index in [4.69, 9.17) is 5.73 Å². The van der Waals surface area contributed by atoms with Crippen LogP contribution in [0.5, 0.6) is 0 Å². The second-order valence-corrected chi connectivity index (χ2v) is 8.26. The van der Waals surface area contributed by atoms with Crippen molar-refractivity contribution in [3.05, 3.63) is 30.1 Å². The van der Waals surface area contributed by atoms with Crippen LogP contribution in [0.4, 0.5) is 4.39 Å².